The molecule has 2 aliphatic carbocycles. The number of carbonyl (C=O) groups excluding carboxylic acids is 1. The minimum Gasteiger partial charge on any atom is -0.490 e. The van der Waals surface area contributed by atoms with Crippen LogP contribution >= 0.6 is 11.6 Å². The smallest absolute Gasteiger partial charge is 0.298 e. The number of halogens is 3. The van der Waals surface area contributed by atoms with Crippen LogP contribution in [0.5, 0.6) is 5.75 Å². The van der Waals surface area contributed by atoms with Crippen LogP contribution in [-0.2, 0) is 20.7 Å². The Morgan fingerprint density at radius 1 is 0.854 bits per heavy atom. The molecule has 1 aliphatic heterocycles. The molecule has 4 aromatic carbocycles. The number of benzene rings is 4. The van der Waals surface area contributed by atoms with Crippen molar-refractivity contribution in [3.63, 3.8) is 0 Å². The molecule has 4 aromatic rings. The quantitative estimate of drug-likeness (QED) is 0.195. The molecule has 0 spiro atoms. The summed E-state index contributed by atoms with van der Waals surface area (Å²) in [6.07, 6.45) is 6.05. The van der Waals surface area contributed by atoms with E-state index >= 15 is 8.78 Å². The highest BCUT2D eigenvalue weighted by atomic mass is 35.5. The number of hydrogen-bond acceptors (Lipinski definition) is 5. The van der Waals surface area contributed by atoms with E-state index < -0.39 is 33.5 Å². The highest BCUT2D eigenvalue weighted by Crippen LogP contribution is 2.39. The van der Waals surface area contributed by atoms with Gasteiger partial charge in [-0.2, -0.15) is 13.5 Å². The molecule has 2 unspecified atom stereocenters. The molecular formula is C37H38ClF2N3O4S. The number of nitrogens with zero attached hydrogens (tertiary/aromatic N) is 1. The molecule has 252 valence electrons. The number of piperidine rings is 1. The summed E-state index contributed by atoms with van der Waals surface area (Å²) >= 11 is 6.00. The number of likely N-dealkylation sites (tertiary alicyclic amines) is 1. The first-order valence-electron chi connectivity index (χ1n) is 16.5. The summed E-state index contributed by atoms with van der Waals surface area (Å²) in [5.74, 6) is -4.18. The fourth-order valence-corrected chi connectivity index (χ4v) is 8.82. The summed E-state index contributed by atoms with van der Waals surface area (Å²) in [4.78, 5) is 15.2. The highest BCUT2D eigenvalue weighted by Gasteiger charge is 2.52. The molecule has 3 fully saturated rings. The predicted octanol–water partition coefficient (Wildman–Crippen LogP) is 7.12. The summed E-state index contributed by atoms with van der Waals surface area (Å²) in [5, 5.41) is 1.90. The molecule has 3 N–H and O–H groups in total. The lowest BCUT2D eigenvalue weighted by atomic mass is 9.91. The Bertz CT molecular complexity index is 1900. The first-order valence-corrected chi connectivity index (χ1v) is 18.4. The van der Waals surface area contributed by atoms with Crippen LogP contribution in [0.2, 0.25) is 5.02 Å². The molecule has 2 bridgehead atoms. The number of sulfonamides is 1. The molecule has 7 nitrogen and oxygen atoms in total. The number of carbonyl (C=O) groups is 1. The molecule has 3 atom stereocenters. The van der Waals surface area contributed by atoms with E-state index in [1.54, 1.807) is 42.5 Å². The zero-order valence-corrected chi connectivity index (χ0v) is 27.9. The molecule has 2 saturated carbocycles. The van der Waals surface area contributed by atoms with Gasteiger partial charge in [-0.25, -0.2) is 8.42 Å². The Kier molecular flexibility index (Phi) is 8.95. The maximum absolute atomic E-state index is 16.6. The average molecular weight is 694 g/mol. The minimum atomic E-state index is -4.58. The lowest BCUT2D eigenvalue weighted by Gasteiger charge is -2.39. The van der Waals surface area contributed by atoms with Gasteiger partial charge in [0, 0.05) is 29.7 Å². The topological polar surface area (TPSA) is 102 Å². The van der Waals surface area contributed by atoms with Crippen molar-refractivity contribution in [2.75, 3.05) is 13.1 Å². The van der Waals surface area contributed by atoms with Crippen LogP contribution in [0.1, 0.15) is 44.1 Å². The van der Waals surface area contributed by atoms with Crippen LogP contribution in [0, 0.1) is 11.8 Å². The molecular weight excluding hydrogens is 656 g/mol. The van der Waals surface area contributed by atoms with Crippen molar-refractivity contribution in [3.05, 3.63) is 95.5 Å². The van der Waals surface area contributed by atoms with Gasteiger partial charge in [0.15, 0.2) is 6.04 Å². The zero-order chi connectivity index (χ0) is 33.6. The Morgan fingerprint density at radius 3 is 2.08 bits per heavy atom. The Morgan fingerprint density at radius 2 is 1.44 bits per heavy atom. The molecule has 0 aromatic heterocycles. The molecule has 1 amide bonds. The van der Waals surface area contributed by atoms with Crippen molar-refractivity contribution in [1.29, 1.82) is 0 Å². The first kappa shape index (κ1) is 33.0. The number of alkyl halides is 2. The van der Waals surface area contributed by atoms with Gasteiger partial charge in [0.25, 0.3) is 5.92 Å². The van der Waals surface area contributed by atoms with Gasteiger partial charge in [-0.3, -0.25) is 4.79 Å². The molecule has 11 heteroatoms. The van der Waals surface area contributed by atoms with Crippen molar-refractivity contribution < 1.29 is 26.7 Å². The van der Waals surface area contributed by atoms with E-state index in [1.165, 1.54) is 41.3 Å². The molecule has 1 heterocycles. The highest BCUT2D eigenvalue weighted by molar-refractivity contribution is 7.89. The zero-order valence-electron chi connectivity index (χ0n) is 26.3. The fraction of sp³-hybridized carbons (Fsp3) is 0.378. The molecule has 1 saturated heterocycles. The monoisotopic (exact) mass is 693 g/mol. The third-order valence-corrected chi connectivity index (χ3v) is 11.9. The van der Waals surface area contributed by atoms with Gasteiger partial charge in [0.2, 0.25) is 15.9 Å². The maximum atomic E-state index is 16.6. The van der Waals surface area contributed by atoms with E-state index in [4.69, 9.17) is 22.1 Å². The number of nitrogens with two attached hydrogens (primary N) is 1. The largest absolute Gasteiger partial charge is 0.490 e. The summed E-state index contributed by atoms with van der Waals surface area (Å²) < 4.78 is 69.1. The van der Waals surface area contributed by atoms with Crippen LogP contribution in [0.3, 0.4) is 0 Å². The summed E-state index contributed by atoms with van der Waals surface area (Å²) in [7, 11) is -4.58. The van der Waals surface area contributed by atoms with E-state index in [1.807, 2.05) is 6.07 Å². The lowest BCUT2D eigenvalue weighted by Crippen LogP contribution is -2.60. The lowest BCUT2D eigenvalue weighted by molar-refractivity contribution is -0.146. The van der Waals surface area contributed by atoms with Gasteiger partial charge < -0.3 is 15.4 Å². The second-order valence-corrected chi connectivity index (χ2v) is 15.5. The number of rotatable bonds is 9. The summed E-state index contributed by atoms with van der Waals surface area (Å²) in [6, 6.07) is 19.8. The Balaban J connectivity index is 1.18. The predicted molar refractivity (Wildman–Crippen MR) is 182 cm³/mol. The van der Waals surface area contributed by atoms with Gasteiger partial charge in [-0.15, -0.1) is 0 Å². The summed E-state index contributed by atoms with van der Waals surface area (Å²) in [6.45, 7) is 0.420. The molecule has 48 heavy (non-hydrogen) atoms. The number of nitrogens with one attached hydrogen (secondary N) is 1. The van der Waals surface area contributed by atoms with E-state index in [9.17, 15) is 13.2 Å². The molecule has 7 rings (SSSR count). The van der Waals surface area contributed by atoms with Crippen molar-refractivity contribution in [2.24, 2.45) is 17.6 Å². The van der Waals surface area contributed by atoms with Gasteiger partial charge in [0.05, 0.1) is 11.0 Å². The number of amides is 1. The van der Waals surface area contributed by atoms with E-state index in [-0.39, 0.29) is 42.0 Å². The Labute approximate surface area is 284 Å². The van der Waals surface area contributed by atoms with Gasteiger partial charge in [-0.05, 0) is 109 Å². The normalized spacial score (nSPS) is 22.2. The van der Waals surface area contributed by atoms with Gasteiger partial charge in [0.1, 0.15) is 5.75 Å². The number of ether oxygens (including phenoxy) is 1. The van der Waals surface area contributed by atoms with Crippen molar-refractivity contribution in [1.82, 2.24) is 9.62 Å². The third kappa shape index (κ3) is 6.55. The first-order chi connectivity index (χ1) is 23.0. The fourth-order valence-electron chi connectivity index (χ4n) is 7.46. The minimum absolute atomic E-state index is 0.0136. The number of hydrogen-bond donors (Lipinski definition) is 2. The van der Waals surface area contributed by atoms with Crippen molar-refractivity contribution >= 4 is 38.3 Å². The van der Waals surface area contributed by atoms with Gasteiger partial charge >= 0.3 is 0 Å². The molecule has 3 aliphatic rings. The van der Waals surface area contributed by atoms with Crippen molar-refractivity contribution in [3.8, 4) is 16.9 Å². The summed E-state index contributed by atoms with van der Waals surface area (Å²) in [5.41, 5.74) is 7.29. The van der Waals surface area contributed by atoms with Crippen LogP contribution in [0.4, 0.5) is 8.78 Å². The van der Waals surface area contributed by atoms with E-state index in [0.717, 1.165) is 49.5 Å². The van der Waals surface area contributed by atoms with Crippen LogP contribution < -0.4 is 15.2 Å². The average Bonchev–Trinajstić information content (AvgIpc) is 3.65. The second-order valence-electron chi connectivity index (χ2n) is 13.4. The van der Waals surface area contributed by atoms with Gasteiger partial charge in [-0.1, -0.05) is 60.1 Å². The van der Waals surface area contributed by atoms with Crippen LogP contribution in [0.25, 0.3) is 21.9 Å². The van der Waals surface area contributed by atoms with E-state index in [2.05, 4.69) is 4.72 Å². The second kappa shape index (κ2) is 13.0. The number of fused-ring (bicyclic) bond motifs is 3. The third-order valence-electron chi connectivity index (χ3n) is 10.2. The van der Waals surface area contributed by atoms with Crippen molar-refractivity contribution in [2.45, 2.75) is 67.5 Å². The molecule has 0 radical (unpaired) electrons. The van der Waals surface area contributed by atoms with Crippen LogP contribution in [0.15, 0.2) is 89.8 Å². The Hall–Kier alpha value is -3.57. The SMILES string of the molecule is NC1C2CCC1CN(C(=O)[C@@H](NS(=O)(=O)c1ccc3cc(OC4CCCC4)ccc3c1)C(F)(F)c1ccc(-c3ccc(Cl)cc3)cc1)C2. The maximum Gasteiger partial charge on any atom is 0.298 e. The van der Waals surface area contributed by atoms with Crippen LogP contribution in [-0.4, -0.2) is 50.5 Å². The van der Waals surface area contributed by atoms with E-state index in [0.29, 0.717) is 21.7 Å². The standard InChI is InChI=1S/C37H38ClF2N3O4S/c38-30-15-9-24(10-16-30)23-7-13-29(14-8-23)37(39,40)35(36(44)43-21-27-5-6-28(22-43)34(27)41)42-48(45,46)33-18-12-25-19-32(17-11-26(25)20-33)47-31-3-1-2-4-31/h7-20,27-28,31,34-35,42H,1-6,21-22,41H2/t27?,28?,34?,35-/m1/s1.